The van der Waals surface area contributed by atoms with Gasteiger partial charge in [0, 0.05) is 17.7 Å². The topological polar surface area (TPSA) is 112 Å². The van der Waals surface area contributed by atoms with Gasteiger partial charge in [-0.15, -0.1) is 0 Å². The van der Waals surface area contributed by atoms with Crippen molar-refractivity contribution < 1.29 is 14.4 Å². The van der Waals surface area contributed by atoms with E-state index in [-0.39, 0.29) is 80.0 Å². The molecule has 0 bridgehead atoms. The van der Waals surface area contributed by atoms with Crippen LogP contribution in [0.15, 0.2) is 52.4 Å². The van der Waals surface area contributed by atoms with E-state index in [4.69, 9.17) is 92.8 Å². The average Bonchev–Trinajstić information content (AvgIpc) is 3.71. The number of nitrogens with one attached hydrogen (secondary N) is 3. The summed E-state index contributed by atoms with van der Waals surface area (Å²) in [7, 11) is 0. The van der Waals surface area contributed by atoms with Crippen LogP contribution in [0.5, 0.6) is 0 Å². The molecule has 3 heterocycles. The Bertz CT molecular complexity index is 2050. The number of aliphatic imine (C=N–C) groups is 2. The van der Waals surface area contributed by atoms with Crippen LogP contribution in [0.25, 0.3) is 0 Å². The highest BCUT2D eigenvalue weighted by molar-refractivity contribution is 6.56. The molecule has 7 rings (SSSR count). The fraction of sp³-hybridized carbons (Fsp3) is 0.0645. The molecule has 8 nitrogen and oxygen atoms in total. The zero-order chi connectivity index (χ0) is 33.9. The quantitative estimate of drug-likeness (QED) is 0.139. The average molecular weight is 789 g/mol. The lowest BCUT2D eigenvalue weighted by Crippen LogP contribution is -2.21. The molecule has 238 valence electrons. The van der Waals surface area contributed by atoms with E-state index in [0.29, 0.717) is 23.5 Å². The molecule has 0 unspecified atom stereocenters. The van der Waals surface area contributed by atoms with E-state index < -0.39 is 11.8 Å². The largest absolute Gasteiger partial charge is 0.348 e. The van der Waals surface area contributed by atoms with Gasteiger partial charge in [-0.3, -0.25) is 14.4 Å². The Hall–Kier alpha value is -3.05. The molecule has 3 aliphatic rings. The molecule has 0 radical (unpaired) electrons. The third-order valence-corrected chi connectivity index (χ3v) is 11.0. The maximum Gasteiger partial charge on any atom is 0.259 e. The second-order valence-electron chi connectivity index (χ2n) is 10.1. The SMILES string of the molecule is Cc1c(N=C2NC(=O)c3c(Cl)c(Cl)c(Cl)c(Cl)c32)cccc1N=C1NC(=O)c2c(Cl)c(Cl)c(Cl)c(Cl)c21.O=C1NCc2ccccc21. The Morgan fingerprint density at radius 2 is 0.957 bits per heavy atom. The van der Waals surface area contributed by atoms with Crippen LogP contribution in [-0.4, -0.2) is 29.4 Å². The Morgan fingerprint density at radius 3 is 1.40 bits per heavy atom. The predicted octanol–water partition coefficient (Wildman–Crippen LogP) is 9.80. The zero-order valence-electron chi connectivity index (χ0n) is 23.4. The van der Waals surface area contributed by atoms with Crippen LogP contribution in [0.4, 0.5) is 11.4 Å². The Kier molecular flexibility index (Phi) is 9.43. The lowest BCUT2D eigenvalue weighted by atomic mass is 10.1. The maximum atomic E-state index is 12.6. The summed E-state index contributed by atoms with van der Waals surface area (Å²) in [5.41, 5.74) is 3.99. The molecule has 47 heavy (non-hydrogen) atoms. The van der Waals surface area contributed by atoms with Gasteiger partial charge in [0.05, 0.1) is 73.8 Å². The first-order valence-electron chi connectivity index (χ1n) is 13.3. The number of amides is 3. The lowest BCUT2D eigenvalue weighted by Gasteiger charge is -2.10. The molecule has 0 saturated carbocycles. The third kappa shape index (κ3) is 5.85. The van der Waals surface area contributed by atoms with Crippen molar-refractivity contribution in [3.63, 3.8) is 0 Å². The molecule has 0 atom stereocenters. The molecular weight excluding hydrogens is 774 g/mol. The molecular formula is C31H15Cl8N5O3. The molecule has 0 aliphatic carbocycles. The molecule has 3 N–H and O–H groups in total. The normalized spacial score (nSPS) is 16.0. The van der Waals surface area contributed by atoms with E-state index in [9.17, 15) is 14.4 Å². The summed E-state index contributed by atoms with van der Waals surface area (Å²) in [6.07, 6.45) is 0. The van der Waals surface area contributed by atoms with Crippen LogP contribution in [0.1, 0.15) is 53.3 Å². The van der Waals surface area contributed by atoms with E-state index in [1.54, 1.807) is 25.1 Å². The van der Waals surface area contributed by atoms with Crippen molar-refractivity contribution in [3.05, 3.63) is 122 Å². The van der Waals surface area contributed by atoms with Gasteiger partial charge < -0.3 is 16.0 Å². The summed E-state index contributed by atoms with van der Waals surface area (Å²) in [6.45, 7) is 2.44. The summed E-state index contributed by atoms with van der Waals surface area (Å²) < 4.78 is 0. The monoisotopic (exact) mass is 785 g/mol. The zero-order valence-corrected chi connectivity index (χ0v) is 29.4. The van der Waals surface area contributed by atoms with E-state index in [1.807, 2.05) is 24.3 Å². The minimum absolute atomic E-state index is 0.00176. The number of amidine groups is 2. The van der Waals surface area contributed by atoms with Crippen molar-refractivity contribution in [2.24, 2.45) is 9.98 Å². The number of hydrogen-bond acceptors (Lipinski definition) is 5. The molecule has 0 aromatic heterocycles. The smallest absolute Gasteiger partial charge is 0.259 e. The van der Waals surface area contributed by atoms with E-state index in [2.05, 4.69) is 25.9 Å². The predicted molar refractivity (Wildman–Crippen MR) is 189 cm³/mol. The number of hydrogen-bond donors (Lipinski definition) is 3. The number of nitrogens with zero attached hydrogens (tertiary/aromatic N) is 2. The maximum absolute atomic E-state index is 12.6. The van der Waals surface area contributed by atoms with E-state index in [0.717, 1.165) is 11.1 Å². The van der Waals surface area contributed by atoms with Gasteiger partial charge in [0.1, 0.15) is 11.7 Å². The van der Waals surface area contributed by atoms with Crippen LogP contribution >= 0.6 is 92.8 Å². The van der Waals surface area contributed by atoms with Gasteiger partial charge >= 0.3 is 0 Å². The minimum Gasteiger partial charge on any atom is -0.348 e. The van der Waals surface area contributed by atoms with E-state index in [1.165, 1.54) is 0 Å². The van der Waals surface area contributed by atoms with Gasteiger partial charge in [0.15, 0.2) is 0 Å². The summed E-state index contributed by atoms with van der Waals surface area (Å²) >= 11 is 49.9. The number of carbonyl (C=O) groups is 3. The molecule has 0 saturated heterocycles. The van der Waals surface area contributed by atoms with Crippen LogP contribution in [0.2, 0.25) is 40.2 Å². The highest BCUT2D eigenvalue weighted by Crippen LogP contribution is 2.45. The van der Waals surface area contributed by atoms with Crippen molar-refractivity contribution >= 4 is 134 Å². The number of benzene rings is 4. The Morgan fingerprint density at radius 1 is 0.532 bits per heavy atom. The van der Waals surface area contributed by atoms with Gasteiger partial charge in [-0.25, -0.2) is 9.98 Å². The summed E-state index contributed by atoms with van der Waals surface area (Å²) in [5.74, 6) is -0.736. The molecule has 0 fully saturated rings. The second-order valence-corrected chi connectivity index (χ2v) is 13.1. The summed E-state index contributed by atoms with van der Waals surface area (Å²) in [6, 6.07) is 12.7. The Balaban J connectivity index is 0.000000327. The fourth-order valence-corrected chi connectivity index (χ4v) is 7.08. The second kappa shape index (κ2) is 13.1. The number of rotatable bonds is 2. The van der Waals surface area contributed by atoms with Crippen molar-refractivity contribution in [1.82, 2.24) is 16.0 Å². The first kappa shape index (κ1) is 33.8. The van der Waals surface area contributed by atoms with Crippen LogP contribution < -0.4 is 16.0 Å². The van der Waals surface area contributed by atoms with Gasteiger partial charge in [-0.1, -0.05) is 117 Å². The molecule has 16 heteroatoms. The van der Waals surface area contributed by atoms with Crippen molar-refractivity contribution in [2.75, 3.05) is 0 Å². The molecule has 0 spiro atoms. The molecule has 3 amide bonds. The van der Waals surface area contributed by atoms with Crippen LogP contribution in [0.3, 0.4) is 0 Å². The van der Waals surface area contributed by atoms with Gasteiger partial charge in [0.2, 0.25) is 0 Å². The third-order valence-electron chi connectivity index (χ3n) is 7.37. The molecule has 3 aliphatic heterocycles. The summed E-state index contributed by atoms with van der Waals surface area (Å²) in [4.78, 5) is 45.3. The number of halogens is 8. The van der Waals surface area contributed by atoms with Gasteiger partial charge in [-0.2, -0.15) is 0 Å². The lowest BCUT2D eigenvalue weighted by molar-refractivity contribution is 0.0961. The highest BCUT2D eigenvalue weighted by atomic mass is 35.5. The van der Waals surface area contributed by atoms with Gasteiger partial charge in [0.25, 0.3) is 17.7 Å². The number of fused-ring (bicyclic) bond motifs is 3. The van der Waals surface area contributed by atoms with Crippen molar-refractivity contribution in [1.29, 1.82) is 0 Å². The highest BCUT2D eigenvalue weighted by Gasteiger charge is 2.35. The first-order chi connectivity index (χ1) is 22.3. The molecule has 4 aromatic carbocycles. The Labute approximate surface area is 306 Å². The molecule has 4 aromatic rings. The van der Waals surface area contributed by atoms with Crippen LogP contribution in [-0.2, 0) is 6.54 Å². The summed E-state index contributed by atoms with van der Waals surface area (Å²) in [5, 5.41) is 7.96. The van der Waals surface area contributed by atoms with Crippen molar-refractivity contribution in [2.45, 2.75) is 13.5 Å². The minimum atomic E-state index is -0.527. The standard InChI is InChI=1S/C23H8Cl8N4O2.C8H7NO/c1-5-6(32-20-8-10(22(36)34-20)14(26)18(30)16(28)12(8)24)3-2-4-7(5)33-21-9-11(23(37)35-21)15(27)19(31)17(29)13(9)25;10-8-7-4-2-1-3-6(7)5-9-8/h2-4H,1H3,(H,32,34,36)(H,33,35,37);1-4H,5H2,(H,9,10). The van der Waals surface area contributed by atoms with Crippen molar-refractivity contribution in [3.8, 4) is 0 Å². The first-order valence-corrected chi connectivity index (χ1v) is 16.3. The van der Waals surface area contributed by atoms with Gasteiger partial charge in [-0.05, 0) is 30.7 Å². The van der Waals surface area contributed by atoms with Crippen LogP contribution in [0, 0.1) is 6.92 Å². The number of carbonyl (C=O) groups excluding carboxylic acids is 3. The fourth-order valence-electron chi connectivity index (χ4n) is 5.03. The van der Waals surface area contributed by atoms with E-state index >= 15 is 0 Å².